The first-order chi connectivity index (χ1) is 13.5. The number of hydrogen-bond donors (Lipinski definition) is 1. The molecule has 142 valence electrons. The van der Waals surface area contributed by atoms with Crippen molar-refractivity contribution in [3.63, 3.8) is 0 Å². The largest absolute Gasteiger partial charge is 0.492 e. The Morgan fingerprint density at radius 2 is 1.71 bits per heavy atom. The first-order valence-corrected chi connectivity index (χ1v) is 9.00. The maximum atomic E-state index is 13.1. The van der Waals surface area contributed by atoms with Crippen molar-refractivity contribution < 1.29 is 18.7 Å². The molecular weight excluding hydrogens is 359 g/mol. The van der Waals surface area contributed by atoms with Gasteiger partial charge in [0.15, 0.2) is 0 Å². The van der Waals surface area contributed by atoms with Gasteiger partial charge in [-0.1, -0.05) is 42.5 Å². The van der Waals surface area contributed by atoms with Crippen LogP contribution in [0.5, 0.6) is 5.75 Å². The first-order valence-electron chi connectivity index (χ1n) is 9.00. The molecular formula is C22H19FN2O3. The Morgan fingerprint density at radius 3 is 2.50 bits per heavy atom. The van der Waals surface area contributed by atoms with Crippen LogP contribution in [0, 0.1) is 5.82 Å². The van der Waals surface area contributed by atoms with Crippen molar-refractivity contribution in [3.8, 4) is 5.75 Å². The van der Waals surface area contributed by atoms with Crippen LogP contribution in [0.3, 0.4) is 0 Å². The maximum Gasteiger partial charge on any atom is 0.325 e. The number of imide groups is 1. The van der Waals surface area contributed by atoms with Gasteiger partial charge in [0.05, 0.1) is 6.54 Å². The van der Waals surface area contributed by atoms with Crippen LogP contribution in [0.4, 0.5) is 9.18 Å². The lowest BCUT2D eigenvalue weighted by molar-refractivity contribution is -0.131. The molecule has 0 spiro atoms. The summed E-state index contributed by atoms with van der Waals surface area (Å²) in [5.74, 6) is -0.200. The van der Waals surface area contributed by atoms with E-state index in [1.807, 2.05) is 42.5 Å². The zero-order chi connectivity index (χ0) is 19.7. The monoisotopic (exact) mass is 378 g/mol. The van der Waals surface area contributed by atoms with Crippen LogP contribution in [0.1, 0.15) is 12.5 Å². The van der Waals surface area contributed by atoms with Gasteiger partial charge in [-0.3, -0.25) is 9.69 Å². The Hall–Kier alpha value is -3.41. The molecule has 3 amide bonds. The number of hydrogen-bond acceptors (Lipinski definition) is 3. The third-order valence-corrected chi connectivity index (χ3v) is 5.00. The normalized spacial score (nSPS) is 19.1. The lowest BCUT2D eigenvalue weighted by Gasteiger charge is -2.24. The van der Waals surface area contributed by atoms with E-state index in [1.165, 1.54) is 24.3 Å². The molecule has 1 aliphatic rings. The zero-order valence-corrected chi connectivity index (χ0v) is 15.3. The summed E-state index contributed by atoms with van der Waals surface area (Å²) in [6, 6.07) is 18.6. The number of carbonyl (C=O) groups excluding carboxylic acids is 2. The number of carbonyl (C=O) groups is 2. The van der Waals surface area contributed by atoms with Crippen LogP contribution in [0.25, 0.3) is 10.8 Å². The average Bonchev–Trinajstić information content (AvgIpc) is 2.92. The van der Waals surface area contributed by atoms with E-state index in [4.69, 9.17) is 4.74 Å². The van der Waals surface area contributed by atoms with Gasteiger partial charge in [-0.2, -0.15) is 0 Å². The predicted octanol–water partition coefficient (Wildman–Crippen LogP) is 3.82. The highest BCUT2D eigenvalue weighted by Gasteiger charge is 2.49. The highest BCUT2D eigenvalue weighted by atomic mass is 19.1. The fourth-order valence-corrected chi connectivity index (χ4v) is 3.53. The number of amides is 3. The Kier molecular flexibility index (Phi) is 4.47. The van der Waals surface area contributed by atoms with Crippen molar-refractivity contribution in [3.05, 3.63) is 78.1 Å². The van der Waals surface area contributed by atoms with Crippen molar-refractivity contribution in [2.24, 2.45) is 0 Å². The van der Waals surface area contributed by atoms with Crippen LogP contribution < -0.4 is 10.1 Å². The van der Waals surface area contributed by atoms with E-state index >= 15 is 0 Å². The van der Waals surface area contributed by atoms with Crippen LogP contribution >= 0.6 is 0 Å². The number of nitrogens with one attached hydrogen (secondary N) is 1. The molecule has 1 aliphatic heterocycles. The second kappa shape index (κ2) is 6.96. The first kappa shape index (κ1) is 18.0. The lowest BCUT2D eigenvalue weighted by atomic mass is 9.88. The minimum atomic E-state index is -1.15. The molecule has 0 aliphatic carbocycles. The fourth-order valence-electron chi connectivity index (χ4n) is 3.53. The van der Waals surface area contributed by atoms with Gasteiger partial charge >= 0.3 is 6.03 Å². The summed E-state index contributed by atoms with van der Waals surface area (Å²) in [5.41, 5.74) is -0.390. The Balaban J connectivity index is 1.53. The van der Waals surface area contributed by atoms with Crippen molar-refractivity contribution in [2.45, 2.75) is 12.5 Å². The van der Waals surface area contributed by atoms with Crippen LogP contribution in [0.2, 0.25) is 0 Å². The molecule has 5 nitrogen and oxygen atoms in total. The van der Waals surface area contributed by atoms with Gasteiger partial charge in [-0.25, -0.2) is 9.18 Å². The summed E-state index contributed by atoms with van der Waals surface area (Å²) < 4.78 is 18.5. The fraction of sp³-hybridized carbons (Fsp3) is 0.182. The molecule has 0 radical (unpaired) electrons. The summed E-state index contributed by atoms with van der Waals surface area (Å²) in [6.07, 6.45) is 0. The standard InChI is InChI=1S/C22H19FN2O3/c1-22(19-8-4-6-15-5-2-3-7-18(15)19)20(26)25(21(27)24-22)13-14-28-17-11-9-16(23)10-12-17/h2-12H,13-14H2,1H3,(H,24,27). The number of nitrogens with zero attached hydrogens (tertiary/aromatic N) is 1. The van der Waals surface area contributed by atoms with E-state index in [0.717, 1.165) is 21.2 Å². The van der Waals surface area contributed by atoms with Gasteiger partial charge in [0.25, 0.3) is 5.91 Å². The Labute approximate surface area is 161 Å². The lowest BCUT2D eigenvalue weighted by Crippen LogP contribution is -2.41. The number of halogens is 1. The summed E-state index contributed by atoms with van der Waals surface area (Å²) in [5, 5.41) is 4.75. The van der Waals surface area contributed by atoms with Gasteiger partial charge in [-0.15, -0.1) is 0 Å². The maximum absolute atomic E-state index is 13.1. The molecule has 1 unspecified atom stereocenters. The summed E-state index contributed by atoms with van der Waals surface area (Å²) in [6.45, 7) is 1.94. The molecule has 1 atom stereocenters. The van der Waals surface area contributed by atoms with Crippen molar-refractivity contribution in [1.82, 2.24) is 10.2 Å². The predicted molar refractivity (Wildman–Crippen MR) is 103 cm³/mol. The Bertz CT molecular complexity index is 1050. The van der Waals surface area contributed by atoms with Crippen LogP contribution in [-0.2, 0) is 10.3 Å². The molecule has 1 saturated heterocycles. The van der Waals surface area contributed by atoms with Gasteiger partial charge in [-0.05, 0) is 47.5 Å². The minimum absolute atomic E-state index is 0.0996. The van der Waals surface area contributed by atoms with Gasteiger partial charge in [0.2, 0.25) is 0 Å². The molecule has 0 bridgehead atoms. The highest BCUT2D eigenvalue weighted by molar-refractivity contribution is 6.09. The highest BCUT2D eigenvalue weighted by Crippen LogP contribution is 2.33. The van der Waals surface area contributed by atoms with Crippen LogP contribution in [-0.4, -0.2) is 30.0 Å². The second-order valence-corrected chi connectivity index (χ2v) is 6.84. The van der Waals surface area contributed by atoms with Gasteiger partial charge in [0.1, 0.15) is 23.7 Å². The molecule has 28 heavy (non-hydrogen) atoms. The average molecular weight is 378 g/mol. The Morgan fingerprint density at radius 1 is 1.00 bits per heavy atom. The van der Waals surface area contributed by atoms with Crippen molar-refractivity contribution >= 4 is 22.7 Å². The van der Waals surface area contributed by atoms with E-state index in [2.05, 4.69) is 5.32 Å². The van der Waals surface area contributed by atoms with E-state index in [1.54, 1.807) is 6.92 Å². The molecule has 1 heterocycles. The quantitative estimate of drug-likeness (QED) is 0.687. The number of rotatable bonds is 5. The third kappa shape index (κ3) is 3.07. The third-order valence-electron chi connectivity index (χ3n) is 5.00. The van der Waals surface area contributed by atoms with E-state index in [0.29, 0.717) is 5.75 Å². The summed E-state index contributed by atoms with van der Waals surface area (Å²) in [4.78, 5) is 26.7. The van der Waals surface area contributed by atoms with Gasteiger partial charge in [0, 0.05) is 0 Å². The molecule has 6 heteroatoms. The molecule has 3 aromatic rings. The molecule has 4 rings (SSSR count). The van der Waals surface area contributed by atoms with Crippen LogP contribution in [0.15, 0.2) is 66.7 Å². The number of benzene rings is 3. The molecule has 0 aromatic heterocycles. The molecule has 1 fully saturated rings. The van der Waals surface area contributed by atoms with Gasteiger partial charge < -0.3 is 10.1 Å². The molecule has 3 aromatic carbocycles. The second-order valence-electron chi connectivity index (χ2n) is 6.84. The SMILES string of the molecule is CC1(c2cccc3ccccc23)NC(=O)N(CCOc2ccc(F)cc2)C1=O. The summed E-state index contributed by atoms with van der Waals surface area (Å²) in [7, 11) is 0. The molecule has 0 saturated carbocycles. The summed E-state index contributed by atoms with van der Waals surface area (Å²) >= 11 is 0. The number of urea groups is 1. The van der Waals surface area contributed by atoms with E-state index in [9.17, 15) is 14.0 Å². The number of fused-ring (bicyclic) bond motifs is 1. The minimum Gasteiger partial charge on any atom is -0.492 e. The smallest absolute Gasteiger partial charge is 0.325 e. The van der Waals surface area contributed by atoms with Crippen molar-refractivity contribution in [2.75, 3.05) is 13.2 Å². The molecule has 1 N–H and O–H groups in total. The number of ether oxygens (including phenoxy) is 1. The van der Waals surface area contributed by atoms with E-state index < -0.39 is 11.6 Å². The van der Waals surface area contributed by atoms with Crippen molar-refractivity contribution in [1.29, 1.82) is 0 Å². The topological polar surface area (TPSA) is 58.6 Å². The zero-order valence-electron chi connectivity index (χ0n) is 15.3. The van der Waals surface area contributed by atoms with E-state index in [-0.39, 0.29) is 24.9 Å².